The Balaban J connectivity index is 1.36. The molecule has 3 aromatic rings. The van der Waals surface area contributed by atoms with Gasteiger partial charge in [-0.1, -0.05) is 42.5 Å². The van der Waals surface area contributed by atoms with Gasteiger partial charge in [0.25, 0.3) is 0 Å². The van der Waals surface area contributed by atoms with Crippen molar-refractivity contribution < 1.29 is 13.2 Å². The van der Waals surface area contributed by atoms with Gasteiger partial charge in [0.15, 0.2) is 0 Å². The number of amides is 1. The zero-order valence-electron chi connectivity index (χ0n) is 15.8. The van der Waals surface area contributed by atoms with Gasteiger partial charge in [-0.3, -0.25) is 10.2 Å². The fourth-order valence-electron chi connectivity index (χ4n) is 3.45. The van der Waals surface area contributed by atoms with Crippen molar-refractivity contribution in [2.45, 2.75) is 12.8 Å². The quantitative estimate of drug-likeness (QED) is 0.701. The Morgan fingerprint density at radius 3 is 2.48 bits per heavy atom. The Bertz CT molecular complexity index is 1130. The van der Waals surface area contributed by atoms with Gasteiger partial charge in [0.2, 0.25) is 15.9 Å². The highest BCUT2D eigenvalue weighted by molar-refractivity contribution is 7.92. The van der Waals surface area contributed by atoms with E-state index in [0.29, 0.717) is 25.9 Å². The number of carbonyl (C=O) groups excluding carboxylic acids is 1. The summed E-state index contributed by atoms with van der Waals surface area (Å²) in [7, 11) is -3.50. The molecule has 0 radical (unpaired) electrons. The summed E-state index contributed by atoms with van der Waals surface area (Å²) in [5.41, 5.74) is 5.33. The summed E-state index contributed by atoms with van der Waals surface area (Å²) in [6.45, 7) is 0.647. The van der Waals surface area contributed by atoms with E-state index in [2.05, 4.69) is 10.4 Å². The van der Waals surface area contributed by atoms with E-state index in [4.69, 9.17) is 0 Å². The minimum absolute atomic E-state index is 0.120. The average Bonchev–Trinajstić information content (AvgIpc) is 3.16. The molecule has 0 bridgehead atoms. The Labute approximate surface area is 169 Å². The summed E-state index contributed by atoms with van der Waals surface area (Å²) in [5.74, 6) is -0.356. The Morgan fingerprint density at radius 1 is 1.03 bits per heavy atom. The van der Waals surface area contributed by atoms with Gasteiger partial charge in [-0.25, -0.2) is 18.1 Å². The summed E-state index contributed by atoms with van der Waals surface area (Å²) in [4.78, 5) is 16.9. The first-order chi connectivity index (χ1) is 14.0. The van der Waals surface area contributed by atoms with Gasteiger partial charge in [-0.15, -0.1) is 0 Å². The van der Waals surface area contributed by atoms with Crippen LogP contribution in [0.15, 0.2) is 66.3 Å². The van der Waals surface area contributed by atoms with Gasteiger partial charge < -0.3 is 0 Å². The number of sulfonamides is 1. The van der Waals surface area contributed by atoms with Crippen molar-refractivity contribution in [3.63, 3.8) is 0 Å². The van der Waals surface area contributed by atoms with Crippen molar-refractivity contribution in [3.05, 3.63) is 71.9 Å². The van der Waals surface area contributed by atoms with E-state index in [1.165, 1.54) is 9.71 Å². The number of hydrogen-bond donors (Lipinski definition) is 1. The molecule has 4 rings (SSSR count). The SMILES string of the molecule is O=C(Nn1cnc2ccccc21)C1CCN(S(=O)(=O)/C=C/c2ccccc2)CC1. The average molecular weight is 410 g/mol. The molecule has 1 aliphatic heterocycles. The molecule has 0 atom stereocenters. The van der Waals surface area contributed by atoms with Gasteiger partial charge in [0, 0.05) is 24.4 Å². The molecule has 1 aliphatic rings. The smallest absolute Gasteiger partial charge is 0.242 e. The van der Waals surface area contributed by atoms with E-state index in [0.717, 1.165) is 16.6 Å². The maximum absolute atomic E-state index is 12.6. The molecular formula is C21H22N4O3S. The third-order valence-corrected chi connectivity index (χ3v) is 6.67. The normalized spacial score (nSPS) is 16.4. The molecule has 150 valence electrons. The van der Waals surface area contributed by atoms with Crippen molar-refractivity contribution in [3.8, 4) is 0 Å². The van der Waals surface area contributed by atoms with Crippen molar-refractivity contribution >= 4 is 33.0 Å². The number of hydrogen-bond acceptors (Lipinski definition) is 4. The van der Waals surface area contributed by atoms with Crippen LogP contribution in [0.3, 0.4) is 0 Å². The minimum Gasteiger partial charge on any atom is -0.273 e. The van der Waals surface area contributed by atoms with Crippen LogP contribution in [0.2, 0.25) is 0 Å². The maximum Gasteiger partial charge on any atom is 0.242 e. The number of rotatable bonds is 5. The van der Waals surface area contributed by atoms with E-state index < -0.39 is 10.0 Å². The largest absolute Gasteiger partial charge is 0.273 e. The third kappa shape index (κ3) is 4.38. The van der Waals surface area contributed by atoms with Crippen LogP contribution in [0, 0.1) is 5.92 Å². The van der Waals surface area contributed by atoms with Crippen LogP contribution in [0.1, 0.15) is 18.4 Å². The van der Waals surface area contributed by atoms with Gasteiger partial charge in [-0.05, 0) is 36.6 Å². The number of benzene rings is 2. The van der Waals surface area contributed by atoms with Gasteiger partial charge >= 0.3 is 0 Å². The summed E-state index contributed by atoms with van der Waals surface area (Å²) in [5, 5.41) is 1.24. The molecule has 0 unspecified atom stereocenters. The maximum atomic E-state index is 12.6. The molecule has 0 saturated carbocycles. The summed E-state index contributed by atoms with van der Waals surface area (Å²) in [6.07, 6.45) is 4.14. The van der Waals surface area contributed by atoms with Crippen molar-refractivity contribution in [2.75, 3.05) is 18.5 Å². The second-order valence-electron chi connectivity index (χ2n) is 7.01. The first-order valence-corrected chi connectivity index (χ1v) is 11.0. The first-order valence-electron chi connectivity index (χ1n) is 9.49. The van der Waals surface area contributed by atoms with Crippen molar-refractivity contribution in [2.24, 2.45) is 5.92 Å². The van der Waals surface area contributed by atoms with Gasteiger partial charge in [0.05, 0.1) is 11.0 Å². The van der Waals surface area contributed by atoms with Crippen LogP contribution in [0.25, 0.3) is 17.1 Å². The van der Waals surface area contributed by atoms with E-state index >= 15 is 0 Å². The van der Waals surface area contributed by atoms with Crippen molar-refractivity contribution in [1.29, 1.82) is 0 Å². The fourth-order valence-corrected chi connectivity index (χ4v) is 4.67. The highest BCUT2D eigenvalue weighted by Crippen LogP contribution is 2.22. The molecule has 8 heteroatoms. The van der Waals surface area contributed by atoms with Crippen molar-refractivity contribution in [1.82, 2.24) is 14.0 Å². The Kier molecular flexibility index (Phi) is 5.46. The number of fused-ring (bicyclic) bond motifs is 1. The van der Waals surface area contributed by atoms with E-state index in [1.54, 1.807) is 17.1 Å². The highest BCUT2D eigenvalue weighted by Gasteiger charge is 2.30. The molecule has 1 N–H and O–H groups in total. The second-order valence-corrected chi connectivity index (χ2v) is 8.83. The number of piperidine rings is 1. The molecule has 1 amide bonds. The third-order valence-electron chi connectivity index (χ3n) is 5.10. The fraction of sp³-hybridized carbons (Fsp3) is 0.238. The molecule has 1 fully saturated rings. The number of carbonyl (C=O) groups is 1. The number of imidazole rings is 1. The predicted molar refractivity (Wildman–Crippen MR) is 113 cm³/mol. The Morgan fingerprint density at radius 2 is 1.72 bits per heavy atom. The standard InChI is InChI=1S/C21H22N4O3S/c26-21(23-25-16-22-19-8-4-5-9-20(19)25)18-10-13-24(14-11-18)29(27,28)15-12-17-6-2-1-3-7-17/h1-9,12,15-16,18H,10-11,13-14H2,(H,23,26)/b15-12+. The van der Waals surface area contributed by atoms with Crippen LogP contribution in [-0.4, -0.2) is 41.4 Å². The zero-order chi connectivity index (χ0) is 20.3. The molecule has 0 aliphatic carbocycles. The van der Waals surface area contributed by atoms with Crippen LogP contribution in [-0.2, 0) is 14.8 Å². The summed E-state index contributed by atoms with van der Waals surface area (Å²) >= 11 is 0. The molecule has 2 heterocycles. The molecule has 0 spiro atoms. The lowest BCUT2D eigenvalue weighted by Gasteiger charge is -2.29. The molecular weight excluding hydrogens is 388 g/mol. The molecule has 1 aromatic heterocycles. The van der Waals surface area contributed by atoms with E-state index in [9.17, 15) is 13.2 Å². The summed E-state index contributed by atoms with van der Waals surface area (Å²) in [6, 6.07) is 16.9. The predicted octanol–water partition coefficient (Wildman–Crippen LogP) is 2.82. The van der Waals surface area contributed by atoms with Crippen LogP contribution in [0.4, 0.5) is 0 Å². The van der Waals surface area contributed by atoms with E-state index in [1.807, 2.05) is 54.6 Å². The summed E-state index contributed by atoms with van der Waals surface area (Å²) < 4.78 is 28.2. The Hall–Kier alpha value is -2.97. The topological polar surface area (TPSA) is 84.3 Å². The minimum atomic E-state index is -3.50. The number of para-hydroxylation sites is 2. The number of aromatic nitrogens is 2. The van der Waals surface area contributed by atoms with E-state index in [-0.39, 0.29) is 11.8 Å². The van der Waals surface area contributed by atoms with Crippen LogP contribution < -0.4 is 5.43 Å². The monoisotopic (exact) mass is 410 g/mol. The second kappa shape index (κ2) is 8.18. The van der Waals surface area contributed by atoms with Gasteiger partial charge in [-0.2, -0.15) is 4.31 Å². The number of nitrogens with one attached hydrogen (secondary N) is 1. The van der Waals surface area contributed by atoms with Crippen LogP contribution >= 0.6 is 0 Å². The van der Waals surface area contributed by atoms with Gasteiger partial charge in [0.1, 0.15) is 6.33 Å². The number of nitrogens with zero attached hydrogens (tertiary/aromatic N) is 3. The zero-order valence-corrected chi connectivity index (χ0v) is 16.6. The lowest BCUT2D eigenvalue weighted by Crippen LogP contribution is -2.41. The lowest BCUT2D eigenvalue weighted by atomic mass is 9.98. The molecule has 29 heavy (non-hydrogen) atoms. The first kappa shape index (κ1) is 19.4. The molecule has 2 aromatic carbocycles. The molecule has 1 saturated heterocycles. The van der Waals surface area contributed by atoms with Crippen LogP contribution in [0.5, 0.6) is 0 Å². The highest BCUT2D eigenvalue weighted by atomic mass is 32.2. The lowest BCUT2D eigenvalue weighted by molar-refractivity contribution is -0.121. The molecule has 7 nitrogen and oxygen atoms in total.